The van der Waals surface area contributed by atoms with E-state index in [9.17, 15) is 8.42 Å². The van der Waals surface area contributed by atoms with Crippen LogP contribution in [0.4, 0.5) is 5.88 Å². The summed E-state index contributed by atoms with van der Waals surface area (Å²) in [4.78, 5) is 6.39. The van der Waals surface area contributed by atoms with Gasteiger partial charge in [-0.15, -0.1) is 0 Å². The van der Waals surface area contributed by atoms with Crippen LogP contribution < -0.4 is 5.73 Å². The monoisotopic (exact) mass is 486 g/mol. The minimum absolute atomic E-state index is 0.319. The predicted molar refractivity (Wildman–Crippen MR) is 132 cm³/mol. The second-order valence-electron chi connectivity index (χ2n) is 8.42. The topological polar surface area (TPSA) is 131 Å². The molecular weight excluding hydrogens is 456 g/mol. The number of rotatable bonds is 4. The third-order valence-corrected chi connectivity index (χ3v) is 5.41. The lowest BCUT2D eigenvalue weighted by atomic mass is 9.81. The van der Waals surface area contributed by atoms with Gasteiger partial charge >= 0.3 is 0 Å². The summed E-state index contributed by atoms with van der Waals surface area (Å²) in [7, 11) is -3.67. The van der Waals surface area contributed by atoms with Crippen molar-refractivity contribution in [3.8, 4) is 11.1 Å². The first kappa shape index (κ1) is 25.4. The van der Waals surface area contributed by atoms with E-state index in [4.69, 9.17) is 19.5 Å². The number of aromatic nitrogens is 1. The summed E-state index contributed by atoms with van der Waals surface area (Å²) in [6, 6.07) is 20.8. The van der Waals surface area contributed by atoms with Crippen molar-refractivity contribution in [3.05, 3.63) is 71.9 Å². The van der Waals surface area contributed by atoms with Crippen LogP contribution in [-0.4, -0.2) is 61.5 Å². The Bertz CT molecular complexity index is 1190. The van der Waals surface area contributed by atoms with Gasteiger partial charge in [0.2, 0.25) is 0 Å². The fraction of sp³-hybridized carbons (Fsp3) is 0.333. The van der Waals surface area contributed by atoms with Crippen molar-refractivity contribution >= 4 is 22.0 Å². The molecular formula is C24H30N4O5S. The molecule has 2 heterocycles. The number of benzene rings is 2. The summed E-state index contributed by atoms with van der Waals surface area (Å²) < 4.78 is 36.7. The highest BCUT2D eigenvalue weighted by Crippen LogP contribution is 2.34. The summed E-state index contributed by atoms with van der Waals surface area (Å²) in [6.07, 6.45) is 0.715. The van der Waals surface area contributed by atoms with E-state index in [1.54, 1.807) is 0 Å². The van der Waals surface area contributed by atoms with Crippen molar-refractivity contribution < 1.29 is 22.2 Å². The number of nitrogens with two attached hydrogens (primary N) is 1. The first-order valence-electron chi connectivity index (χ1n) is 10.8. The number of morpholine rings is 1. The van der Waals surface area contributed by atoms with Gasteiger partial charge < -0.3 is 19.9 Å². The molecule has 1 aliphatic heterocycles. The van der Waals surface area contributed by atoms with E-state index in [2.05, 4.69) is 60.4 Å². The number of ether oxygens (including phenoxy) is 1. The van der Waals surface area contributed by atoms with Crippen LogP contribution in [0.5, 0.6) is 0 Å². The predicted octanol–water partition coefficient (Wildman–Crippen LogP) is 3.45. The third-order valence-electron chi connectivity index (χ3n) is 5.41. The third kappa shape index (κ3) is 7.14. The smallest absolute Gasteiger partial charge is 0.261 e. The van der Waals surface area contributed by atoms with Gasteiger partial charge in [-0.2, -0.15) is 13.4 Å². The zero-order chi connectivity index (χ0) is 24.8. The van der Waals surface area contributed by atoms with Crippen LogP contribution in [0.25, 0.3) is 11.1 Å². The van der Waals surface area contributed by atoms with E-state index in [0.29, 0.717) is 31.3 Å². The molecule has 182 valence electrons. The van der Waals surface area contributed by atoms with Crippen molar-refractivity contribution in [2.24, 2.45) is 10.7 Å². The van der Waals surface area contributed by atoms with Gasteiger partial charge in [0.15, 0.2) is 5.96 Å². The largest absolute Gasteiger partial charge is 0.378 e. The first-order chi connectivity index (χ1) is 16.0. The highest BCUT2D eigenvalue weighted by atomic mass is 32.2. The molecule has 1 aromatic heterocycles. The molecule has 1 saturated heterocycles. The van der Waals surface area contributed by atoms with E-state index in [0.717, 1.165) is 24.3 Å². The molecule has 4 rings (SSSR count). The summed E-state index contributed by atoms with van der Waals surface area (Å²) in [6.45, 7) is 7.03. The number of guanidine groups is 1. The number of hydrogen-bond acceptors (Lipinski definition) is 6. The molecule has 0 aliphatic carbocycles. The van der Waals surface area contributed by atoms with Crippen molar-refractivity contribution in [2.75, 3.05) is 32.6 Å². The van der Waals surface area contributed by atoms with Crippen LogP contribution in [-0.2, 0) is 20.3 Å². The Morgan fingerprint density at radius 3 is 2.21 bits per heavy atom. The second kappa shape index (κ2) is 10.8. The molecule has 0 bridgehead atoms. The van der Waals surface area contributed by atoms with Gasteiger partial charge in [-0.1, -0.05) is 73.6 Å². The quantitative estimate of drug-likeness (QED) is 0.326. The summed E-state index contributed by atoms with van der Waals surface area (Å²) in [5, 5.41) is 4.26. The maximum absolute atomic E-state index is 9.19. The van der Waals surface area contributed by atoms with Gasteiger partial charge in [-0.25, -0.2) is 0 Å². The highest BCUT2D eigenvalue weighted by Gasteiger charge is 2.27. The van der Waals surface area contributed by atoms with Gasteiger partial charge in [0.1, 0.15) is 0 Å². The zero-order valence-corrected chi connectivity index (χ0v) is 20.3. The lowest BCUT2D eigenvalue weighted by molar-refractivity contribution is 0.0675. The lowest BCUT2D eigenvalue weighted by Gasteiger charge is -2.27. The molecule has 1 aliphatic rings. The standard InChI is InChI=1S/C23H26N4O2.CH4O3S/c1-23(2,19-10-8-18(9-11-19)17-6-4-3-5-7-17)20-16-21(29-26-20)25-22(24)27-12-14-28-15-13-27;1-5(2,3)4/h3-11,16H,12-15H2,1-2H3,(H2,24,25);1H3,(H,2,3,4). The number of aliphatic imine (C=N–C) groups is 1. The van der Waals surface area contributed by atoms with Gasteiger partial charge in [0.25, 0.3) is 16.0 Å². The SMILES string of the molecule is CC(C)(c1ccc(-c2ccccc2)cc1)c1cc(/N=C(/N)N2CCOCC2)on1.CS(=O)(=O)O. The van der Waals surface area contributed by atoms with Crippen LogP contribution in [0, 0.1) is 0 Å². The Morgan fingerprint density at radius 2 is 1.62 bits per heavy atom. The van der Waals surface area contributed by atoms with E-state index in [1.807, 2.05) is 29.2 Å². The molecule has 0 spiro atoms. The van der Waals surface area contributed by atoms with Crippen LogP contribution in [0.15, 0.2) is 70.2 Å². The molecule has 0 radical (unpaired) electrons. The first-order valence-corrected chi connectivity index (χ1v) is 12.6. The van der Waals surface area contributed by atoms with E-state index < -0.39 is 10.1 Å². The number of hydrogen-bond donors (Lipinski definition) is 2. The average Bonchev–Trinajstić information content (AvgIpc) is 3.29. The zero-order valence-electron chi connectivity index (χ0n) is 19.5. The minimum Gasteiger partial charge on any atom is -0.378 e. The Labute approximate surface area is 200 Å². The van der Waals surface area contributed by atoms with Crippen molar-refractivity contribution in [1.82, 2.24) is 10.1 Å². The Kier molecular flexibility index (Phi) is 8.08. The Balaban J connectivity index is 0.000000588. The van der Waals surface area contributed by atoms with Gasteiger partial charge in [0, 0.05) is 24.6 Å². The van der Waals surface area contributed by atoms with Crippen molar-refractivity contribution in [2.45, 2.75) is 19.3 Å². The number of nitrogens with zero attached hydrogens (tertiary/aromatic N) is 3. The molecule has 34 heavy (non-hydrogen) atoms. The molecule has 0 atom stereocenters. The second-order valence-corrected chi connectivity index (χ2v) is 9.89. The molecule has 3 aromatic rings. The van der Waals surface area contributed by atoms with E-state index >= 15 is 0 Å². The maximum Gasteiger partial charge on any atom is 0.261 e. The van der Waals surface area contributed by atoms with Gasteiger partial charge in [0.05, 0.1) is 25.2 Å². The highest BCUT2D eigenvalue weighted by molar-refractivity contribution is 7.85. The fourth-order valence-corrected chi connectivity index (χ4v) is 3.45. The molecule has 9 nitrogen and oxygen atoms in total. The molecule has 1 fully saturated rings. The van der Waals surface area contributed by atoms with Gasteiger partial charge in [-0.05, 0) is 16.7 Å². The van der Waals surface area contributed by atoms with Crippen LogP contribution in [0.1, 0.15) is 25.1 Å². The van der Waals surface area contributed by atoms with Crippen LogP contribution in [0.3, 0.4) is 0 Å². The van der Waals surface area contributed by atoms with Crippen molar-refractivity contribution in [3.63, 3.8) is 0 Å². The molecule has 0 unspecified atom stereocenters. The summed E-state index contributed by atoms with van der Waals surface area (Å²) >= 11 is 0. The normalized spacial score (nSPS) is 14.9. The van der Waals surface area contributed by atoms with E-state index in [1.165, 1.54) is 11.1 Å². The van der Waals surface area contributed by atoms with Crippen molar-refractivity contribution in [1.29, 1.82) is 0 Å². The average molecular weight is 487 g/mol. The minimum atomic E-state index is -3.67. The fourth-order valence-electron chi connectivity index (χ4n) is 3.45. The van der Waals surface area contributed by atoms with Gasteiger partial charge in [-0.3, -0.25) is 4.55 Å². The summed E-state index contributed by atoms with van der Waals surface area (Å²) in [5.41, 5.74) is 10.2. The molecule has 2 aromatic carbocycles. The molecule has 0 saturated carbocycles. The van der Waals surface area contributed by atoms with Crippen LogP contribution in [0.2, 0.25) is 0 Å². The molecule has 10 heteroatoms. The van der Waals surface area contributed by atoms with E-state index in [-0.39, 0.29) is 5.41 Å². The molecule has 3 N–H and O–H groups in total. The summed E-state index contributed by atoms with van der Waals surface area (Å²) in [5.74, 6) is 0.846. The Morgan fingerprint density at radius 1 is 1.06 bits per heavy atom. The van der Waals surface area contributed by atoms with Crippen LogP contribution >= 0.6 is 0 Å². The lowest BCUT2D eigenvalue weighted by Crippen LogP contribution is -2.44. The maximum atomic E-state index is 9.19. The Hall–Kier alpha value is -3.21. The molecule has 0 amide bonds.